The number of hydrogen-bond acceptors (Lipinski definition) is 5. The lowest BCUT2D eigenvalue weighted by Gasteiger charge is -2.47. The third kappa shape index (κ3) is 1.59. The van der Waals surface area contributed by atoms with Gasteiger partial charge in [0.1, 0.15) is 12.4 Å². The van der Waals surface area contributed by atoms with Crippen LogP contribution in [0, 0.1) is 5.92 Å². The number of rotatable bonds is 4. The Morgan fingerprint density at radius 3 is 2.80 bits per heavy atom. The lowest BCUT2D eigenvalue weighted by atomic mass is 9.52. The normalized spacial score (nSPS) is 37.7. The van der Waals surface area contributed by atoms with Crippen LogP contribution in [0.15, 0.2) is 24.3 Å². The molecule has 4 atom stereocenters. The Balaban J connectivity index is 1.56. The quantitative estimate of drug-likeness (QED) is 0.736. The molecule has 3 heterocycles. The summed E-state index contributed by atoms with van der Waals surface area (Å²) in [5.41, 5.74) is 1.12. The standard InChI is InChI=1S/C14H17BO5/c1-16-8-14-12-11(7-18-14)20-15(13(12)19-14)9-3-5-10(17-2)6-4-9/h3-6,11-13H,7-8H2,1-2H3/t11?,12-,13?,14+/m1/s1. The zero-order valence-electron chi connectivity index (χ0n) is 11.6. The zero-order chi connectivity index (χ0) is 13.7. The fourth-order valence-corrected chi connectivity index (χ4v) is 3.59. The van der Waals surface area contributed by atoms with E-state index in [9.17, 15) is 0 Å². The lowest BCUT2D eigenvalue weighted by molar-refractivity contribution is -0.340. The number of ether oxygens (including phenoxy) is 4. The lowest BCUT2D eigenvalue weighted by Crippen LogP contribution is -2.65. The first-order valence-corrected chi connectivity index (χ1v) is 6.87. The first-order valence-electron chi connectivity index (χ1n) is 6.87. The second-order valence-electron chi connectivity index (χ2n) is 5.53. The molecule has 0 bridgehead atoms. The Morgan fingerprint density at radius 1 is 1.30 bits per heavy atom. The first kappa shape index (κ1) is 12.6. The second-order valence-corrected chi connectivity index (χ2v) is 5.53. The molecule has 0 spiro atoms. The van der Waals surface area contributed by atoms with E-state index >= 15 is 0 Å². The van der Waals surface area contributed by atoms with Crippen molar-refractivity contribution in [2.45, 2.75) is 17.9 Å². The smallest absolute Gasteiger partial charge is 0.357 e. The Hall–Kier alpha value is -1.08. The van der Waals surface area contributed by atoms with E-state index in [0.29, 0.717) is 13.2 Å². The molecular weight excluding hydrogens is 259 g/mol. The summed E-state index contributed by atoms with van der Waals surface area (Å²) in [4.78, 5) is 0. The Bertz CT molecular complexity index is 503. The van der Waals surface area contributed by atoms with Crippen LogP contribution >= 0.6 is 0 Å². The highest BCUT2D eigenvalue weighted by Crippen LogP contribution is 2.53. The summed E-state index contributed by atoms with van der Waals surface area (Å²) in [6, 6.07) is 8.02. The highest BCUT2D eigenvalue weighted by molar-refractivity contribution is 6.69. The summed E-state index contributed by atoms with van der Waals surface area (Å²) in [6.45, 7) is 1.02. The molecule has 0 saturated carbocycles. The average molecular weight is 276 g/mol. The highest BCUT2D eigenvalue weighted by atomic mass is 16.8. The molecule has 1 aromatic carbocycles. The van der Waals surface area contributed by atoms with Crippen molar-refractivity contribution in [1.82, 2.24) is 0 Å². The van der Waals surface area contributed by atoms with Crippen LogP contribution < -0.4 is 10.2 Å². The molecule has 0 aliphatic carbocycles. The van der Waals surface area contributed by atoms with Crippen molar-refractivity contribution in [3.05, 3.63) is 24.3 Å². The summed E-state index contributed by atoms with van der Waals surface area (Å²) in [6.07, 6.45) is 0.107. The van der Waals surface area contributed by atoms with Gasteiger partial charge < -0.3 is 23.6 Å². The SMILES string of the molecule is COC[C@]12OCC3OB(c4ccc(OC)cc4)C(O1)[C@@H]32. The molecular formula is C14H17BO5. The number of methoxy groups -OCH3 is 2. The molecule has 3 aliphatic rings. The molecule has 6 heteroatoms. The van der Waals surface area contributed by atoms with Crippen molar-refractivity contribution < 1.29 is 23.6 Å². The molecule has 20 heavy (non-hydrogen) atoms. The molecule has 3 aliphatic heterocycles. The van der Waals surface area contributed by atoms with Crippen molar-refractivity contribution >= 4 is 12.4 Å². The maximum absolute atomic E-state index is 6.12. The van der Waals surface area contributed by atoms with E-state index in [1.807, 2.05) is 24.3 Å². The van der Waals surface area contributed by atoms with E-state index in [4.69, 9.17) is 23.6 Å². The van der Waals surface area contributed by atoms with Crippen LogP contribution in [0.2, 0.25) is 0 Å². The van der Waals surface area contributed by atoms with Crippen molar-refractivity contribution in [2.75, 3.05) is 27.4 Å². The summed E-state index contributed by atoms with van der Waals surface area (Å²) >= 11 is 0. The number of hydrogen-bond donors (Lipinski definition) is 0. The topological polar surface area (TPSA) is 46.2 Å². The molecule has 3 saturated heterocycles. The maximum atomic E-state index is 6.12. The van der Waals surface area contributed by atoms with E-state index < -0.39 is 5.79 Å². The molecule has 4 rings (SSSR count). The molecule has 0 amide bonds. The fraction of sp³-hybridized carbons (Fsp3) is 0.571. The molecule has 0 aromatic heterocycles. The van der Waals surface area contributed by atoms with E-state index in [1.54, 1.807) is 14.2 Å². The monoisotopic (exact) mass is 276 g/mol. The Kier molecular flexibility index (Phi) is 2.82. The Morgan fingerprint density at radius 2 is 2.10 bits per heavy atom. The summed E-state index contributed by atoms with van der Waals surface area (Å²) in [7, 11) is 3.33. The zero-order valence-corrected chi connectivity index (χ0v) is 11.6. The van der Waals surface area contributed by atoms with E-state index in [0.717, 1.165) is 11.2 Å². The Labute approximate surface area is 118 Å². The fourth-order valence-electron chi connectivity index (χ4n) is 3.59. The van der Waals surface area contributed by atoms with Crippen LogP contribution in [0.5, 0.6) is 5.75 Å². The van der Waals surface area contributed by atoms with Crippen molar-refractivity contribution in [3.8, 4) is 5.75 Å². The van der Waals surface area contributed by atoms with Crippen LogP contribution in [0.3, 0.4) is 0 Å². The molecule has 106 valence electrons. The predicted octanol–water partition coefficient (Wildman–Crippen LogP) is 0.220. The van der Waals surface area contributed by atoms with Gasteiger partial charge in [-0.25, -0.2) is 0 Å². The first-order chi connectivity index (χ1) is 9.77. The largest absolute Gasteiger partial charge is 0.497 e. The molecule has 0 radical (unpaired) electrons. The van der Waals surface area contributed by atoms with Gasteiger partial charge in [0.05, 0.1) is 31.7 Å². The third-order valence-electron chi connectivity index (χ3n) is 4.50. The molecule has 5 nitrogen and oxygen atoms in total. The van der Waals surface area contributed by atoms with Gasteiger partial charge in [-0.3, -0.25) is 0 Å². The summed E-state index contributed by atoms with van der Waals surface area (Å²) in [5, 5.41) is 0. The molecule has 2 unspecified atom stereocenters. The molecule has 0 N–H and O–H groups in total. The van der Waals surface area contributed by atoms with Crippen LogP contribution in [0.4, 0.5) is 0 Å². The van der Waals surface area contributed by atoms with Gasteiger partial charge in [-0.05, 0) is 17.6 Å². The molecule has 1 aromatic rings. The van der Waals surface area contributed by atoms with E-state index in [2.05, 4.69) is 0 Å². The van der Waals surface area contributed by atoms with Gasteiger partial charge in [0.2, 0.25) is 0 Å². The van der Waals surface area contributed by atoms with Gasteiger partial charge in [0, 0.05) is 7.11 Å². The minimum atomic E-state index is -0.578. The van der Waals surface area contributed by atoms with Gasteiger partial charge in [-0.1, -0.05) is 12.1 Å². The van der Waals surface area contributed by atoms with Gasteiger partial charge >= 0.3 is 6.92 Å². The van der Waals surface area contributed by atoms with E-state index in [-0.39, 0.29) is 24.9 Å². The second kappa shape index (κ2) is 4.46. The van der Waals surface area contributed by atoms with Gasteiger partial charge in [0.25, 0.3) is 0 Å². The van der Waals surface area contributed by atoms with Crippen molar-refractivity contribution in [1.29, 1.82) is 0 Å². The average Bonchev–Trinajstić information content (AvgIpc) is 2.89. The van der Waals surface area contributed by atoms with Crippen LogP contribution in [0.25, 0.3) is 0 Å². The number of benzene rings is 1. The van der Waals surface area contributed by atoms with Gasteiger partial charge in [0.15, 0.2) is 5.79 Å². The summed E-state index contributed by atoms with van der Waals surface area (Å²) in [5.74, 6) is 0.541. The third-order valence-corrected chi connectivity index (χ3v) is 4.50. The van der Waals surface area contributed by atoms with Crippen molar-refractivity contribution in [2.24, 2.45) is 5.92 Å². The van der Waals surface area contributed by atoms with E-state index in [1.165, 1.54) is 0 Å². The predicted molar refractivity (Wildman–Crippen MR) is 72.2 cm³/mol. The van der Waals surface area contributed by atoms with Crippen LogP contribution in [-0.4, -0.2) is 52.2 Å². The summed E-state index contributed by atoms with van der Waals surface area (Å²) < 4.78 is 28.3. The maximum Gasteiger partial charge on any atom is 0.357 e. The van der Waals surface area contributed by atoms with Crippen molar-refractivity contribution in [3.63, 3.8) is 0 Å². The van der Waals surface area contributed by atoms with Gasteiger partial charge in [-0.15, -0.1) is 0 Å². The minimum absolute atomic E-state index is 0.0233. The van der Waals surface area contributed by atoms with Gasteiger partial charge in [-0.2, -0.15) is 0 Å². The molecule has 3 fully saturated rings. The van der Waals surface area contributed by atoms with Crippen LogP contribution in [-0.2, 0) is 18.9 Å². The van der Waals surface area contributed by atoms with Crippen LogP contribution in [0.1, 0.15) is 0 Å². The highest BCUT2D eigenvalue weighted by Gasteiger charge is 2.72. The minimum Gasteiger partial charge on any atom is -0.497 e.